The Bertz CT molecular complexity index is 346. The highest BCUT2D eigenvalue weighted by Gasteiger charge is 2.37. The summed E-state index contributed by atoms with van der Waals surface area (Å²) in [5.41, 5.74) is -0.253. The Morgan fingerprint density at radius 2 is 2.00 bits per heavy atom. The molecule has 6 heteroatoms. The maximum Gasteiger partial charge on any atom is 0.214 e. The smallest absolute Gasteiger partial charge is 0.214 e. The van der Waals surface area contributed by atoms with Crippen molar-refractivity contribution in [3.63, 3.8) is 0 Å². The molecule has 0 aromatic heterocycles. The molecule has 2 rings (SSSR count). The molecule has 1 atom stereocenters. The van der Waals surface area contributed by atoms with Crippen LogP contribution in [-0.2, 0) is 14.8 Å². The van der Waals surface area contributed by atoms with E-state index in [1.54, 1.807) is 0 Å². The van der Waals surface area contributed by atoms with Crippen LogP contribution in [0.2, 0.25) is 0 Å². The van der Waals surface area contributed by atoms with E-state index >= 15 is 0 Å². The van der Waals surface area contributed by atoms with Crippen molar-refractivity contribution in [2.24, 2.45) is 0 Å². The van der Waals surface area contributed by atoms with Crippen molar-refractivity contribution in [1.29, 1.82) is 0 Å². The standard InChI is InChI=1S/C11H20BrNO3S/c12-9-11(5-1-2-6-11)13-17(14,15)8-10-4-3-7-16-10/h10,13H,1-9H2. The predicted octanol–water partition coefficient (Wildman–Crippen LogP) is 1.79. The first-order valence-corrected chi connectivity index (χ1v) is 9.02. The number of sulfonamides is 1. The number of rotatable bonds is 5. The van der Waals surface area contributed by atoms with Crippen molar-refractivity contribution in [1.82, 2.24) is 4.72 Å². The number of hydrogen-bond acceptors (Lipinski definition) is 3. The minimum absolute atomic E-state index is 0.110. The second-order valence-corrected chi connectivity index (χ2v) is 7.47. The minimum Gasteiger partial charge on any atom is -0.377 e. The summed E-state index contributed by atoms with van der Waals surface area (Å²) in [7, 11) is -3.22. The van der Waals surface area contributed by atoms with Gasteiger partial charge in [-0.1, -0.05) is 28.8 Å². The first kappa shape index (κ1) is 13.8. The lowest BCUT2D eigenvalue weighted by molar-refractivity contribution is 0.127. The SMILES string of the molecule is O=S(=O)(CC1CCCO1)NC1(CBr)CCCC1. The van der Waals surface area contributed by atoms with E-state index < -0.39 is 10.0 Å². The summed E-state index contributed by atoms with van der Waals surface area (Å²) in [6.07, 6.45) is 5.81. The maximum atomic E-state index is 12.1. The van der Waals surface area contributed by atoms with E-state index in [1.165, 1.54) is 0 Å². The first-order chi connectivity index (χ1) is 8.05. The Morgan fingerprint density at radius 1 is 1.29 bits per heavy atom. The van der Waals surface area contributed by atoms with Crippen LogP contribution in [-0.4, -0.2) is 37.8 Å². The molecule has 0 spiro atoms. The van der Waals surface area contributed by atoms with Gasteiger partial charge in [0.15, 0.2) is 0 Å². The maximum absolute atomic E-state index is 12.1. The number of ether oxygens (including phenoxy) is 1. The zero-order valence-electron chi connectivity index (χ0n) is 9.95. The average molecular weight is 326 g/mol. The molecule has 0 radical (unpaired) electrons. The summed E-state index contributed by atoms with van der Waals surface area (Å²) in [5.74, 6) is 0.113. The summed E-state index contributed by atoms with van der Waals surface area (Å²) in [4.78, 5) is 0. The van der Waals surface area contributed by atoms with Gasteiger partial charge in [0.05, 0.1) is 11.9 Å². The van der Waals surface area contributed by atoms with E-state index in [0.29, 0.717) is 11.9 Å². The highest BCUT2D eigenvalue weighted by molar-refractivity contribution is 9.09. The fourth-order valence-corrected chi connectivity index (χ4v) is 5.37. The molecular formula is C11H20BrNO3S. The Hall–Kier alpha value is 0.350. The second-order valence-electron chi connectivity index (χ2n) is 5.14. The average Bonchev–Trinajstić information content (AvgIpc) is 2.89. The molecule has 1 saturated heterocycles. The van der Waals surface area contributed by atoms with E-state index in [4.69, 9.17) is 4.74 Å². The molecule has 1 aliphatic heterocycles. The van der Waals surface area contributed by atoms with Crippen LogP contribution in [0.4, 0.5) is 0 Å². The van der Waals surface area contributed by atoms with Crippen molar-refractivity contribution in [2.45, 2.75) is 50.2 Å². The van der Waals surface area contributed by atoms with Gasteiger partial charge in [0, 0.05) is 17.5 Å². The van der Waals surface area contributed by atoms with Gasteiger partial charge in [0.1, 0.15) is 0 Å². The van der Waals surface area contributed by atoms with E-state index in [1.807, 2.05) is 0 Å². The van der Waals surface area contributed by atoms with Gasteiger partial charge in [-0.3, -0.25) is 0 Å². The minimum atomic E-state index is -3.22. The van der Waals surface area contributed by atoms with Gasteiger partial charge < -0.3 is 4.74 Å². The van der Waals surface area contributed by atoms with Gasteiger partial charge in [-0.25, -0.2) is 13.1 Å². The van der Waals surface area contributed by atoms with Crippen molar-refractivity contribution >= 4 is 26.0 Å². The Labute approximate surface area is 112 Å². The van der Waals surface area contributed by atoms with Crippen molar-refractivity contribution in [3.8, 4) is 0 Å². The molecular weight excluding hydrogens is 306 g/mol. The molecule has 0 bridgehead atoms. The van der Waals surface area contributed by atoms with Crippen LogP contribution in [0.1, 0.15) is 38.5 Å². The van der Waals surface area contributed by atoms with Gasteiger partial charge >= 0.3 is 0 Å². The Morgan fingerprint density at radius 3 is 2.53 bits per heavy atom. The number of alkyl halides is 1. The third-order valence-corrected chi connectivity index (χ3v) is 6.25. The lowest BCUT2D eigenvalue weighted by Gasteiger charge is -2.28. The molecule has 0 amide bonds. The molecule has 1 unspecified atom stereocenters. The van der Waals surface area contributed by atoms with Crippen LogP contribution >= 0.6 is 15.9 Å². The number of nitrogens with one attached hydrogen (secondary N) is 1. The van der Waals surface area contributed by atoms with Crippen LogP contribution in [0.15, 0.2) is 0 Å². The molecule has 17 heavy (non-hydrogen) atoms. The summed E-state index contributed by atoms with van der Waals surface area (Å²) in [6.45, 7) is 0.698. The Kier molecular flexibility index (Phi) is 4.50. The van der Waals surface area contributed by atoms with Crippen LogP contribution in [0.3, 0.4) is 0 Å². The molecule has 0 aromatic rings. The second kappa shape index (κ2) is 5.55. The van der Waals surface area contributed by atoms with E-state index in [9.17, 15) is 8.42 Å². The van der Waals surface area contributed by atoms with Crippen LogP contribution in [0, 0.1) is 0 Å². The summed E-state index contributed by atoms with van der Waals surface area (Å²) >= 11 is 3.44. The largest absolute Gasteiger partial charge is 0.377 e. The van der Waals surface area contributed by atoms with Gasteiger partial charge in [0.2, 0.25) is 10.0 Å². The van der Waals surface area contributed by atoms with Crippen LogP contribution in [0.5, 0.6) is 0 Å². The van der Waals surface area contributed by atoms with E-state index in [-0.39, 0.29) is 17.4 Å². The molecule has 1 saturated carbocycles. The van der Waals surface area contributed by atoms with E-state index in [0.717, 1.165) is 38.5 Å². The lowest BCUT2D eigenvalue weighted by atomic mass is 10.0. The molecule has 2 aliphatic rings. The topological polar surface area (TPSA) is 55.4 Å². The molecule has 1 N–H and O–H groups in total. The van der Waals surface area contributed by atoms with Gasteiger partial charge in [-0.2, -0.15) is 0 Å². The van der Waals surface area contributed by atoms with Gasteiger partial charge in [0.25, 0.3) is 0 Å². The quantitative estimate of drug-likeness (QED) is 0.784. The molecule has 1 aliphatic carbocycles. The van der Waals surface area contributed by atoms with Crippen molar-refractivity contribution in [2.75, 3.05) is 17.7 Å². The van der Waals surface area contributed by atoms with Gasteiger partial charge in [-0.15, -0.1) is 0 Å². The molecule has 2 fully saturated rings. The summed E-state index contributed by atoms with van der Waals surface area (Å²) in [6, 6.07) is 0. The molecule has 0 aromatic carbocycles. The normalized spacial score (nSPS) is 28.6. The first-order valence-electron chi connectivity index (χ1n) is 6.24. The fourth-order valence-electron chi connectivity index (χ4n) is 2.71. The highest BCUT2D eigenvalue weighted by atomic mass is 79.9. The predicted molar refractivity (Wildman–Crippen MR) is 70.9 cm³/mol. The highest BCUT2D eigenvalue weighted by Crippen LogP contribution is 2.32. The van der Waals surface area contributed by atoms with Crippen LogP contribution in [0.25, 0.3) is 0 Å². The number of halogens is 1. The zero-order chi connectivity index (χ0) is 12.4. The van der Waals surface area contributed by atoms with Gasteiger partial charge in [-0.05, 0) is 25.7 Å². The summed E-state index contributed by atoms with van der Waals surface area (Å²) in [5, 5.41) is 0.699. The van der Waals surface area contributed by atoms with Crippen molar-refractivity contribution in [3.05, 3.63) is 0 Å². The third-order valence-electron chi connectivity index (χ3n) is 3.62. The fraction of sp³-hybridized carbons (Fsp3) is 1.00. The van der Waals surface area contributed by atoms with E-state index in [2.05, 4.69) is 20.7 Å². The molecule has 1 heterocycles. The third kappa shape index (κ3) is 3.66. The summed E-state index contributed by atoms with van der Waals surface area (Å²) < 4.78 is 32.5. The molecule has 4 nitrogen and oxygen atoms in total. The zero-order valence-corrected chi connectivity index (χ0v) is 12.4. The Balaban J connectivity index is 1.95. The number of hydrogen-bond donors (Lipinski definition) is 1. The van der Waals surface area contributed by atoms with Crippen molar-refractivity contribution < 1.29 is 13.2 Å². The monoisotopic (exact) mass is 325 g/mol. The van der Waals surface area contributed by atoms with Crippen LogP contribution < -0.4 is 4.72 Å². The lowest BCUT2D eigenvalue weighted by Crippen LogP contribution is -2.49. The molecule has 100 valence electrons.